The van der Waals surface area contributed by atoms with E-state index in [9.17, 15) is 4.79 Å². The number of likely N-dealkylation sites (tertiary alicyclic amines) is 1. The Labute approximate surface area is 126 Å². The number of urea groups is 1. The van der Waals surface area contributed by atoms with E-state index in [-0.39, 0.29) is 12.1 Å². The van der Waals surface area contributed by atoms with Gasteiger partial charge >= 0.3 is 6.03 Å². The number of H-pyrrole nitrogens is 1. The molecule has 21 heavy (non-hydrogen) atoms. The van der Waals surface area contributed by atoms with Crippen molar-refractivity contribution in [3.8, 4) is 0 Å². The summed E-state index contributed by atoms with van der Waals surface area (Å²) in [5.41, 5.74) is 1.08. The second-order valence-electron chi connectivity index (χ2n) is 5.94. The van der Waals surface area contributed by atoms with E-state index in [1.54, 1.807) is 0 Å². The predicted molar refractivity (Wildman–Crippen MR) is 80.9 cm³/mol. The van der Waals surface area contributed by atoms with Crippen molar-refractivity contribution >= 4 is 6.03 Å². The molecule has 1 aromatic heterocycles. The number of carbonyl (C=O) groups excluding carboxylic acids is 1. The molecular formula is C15H26N4O2. The Kier molecular flexibility index (Phi) is 6.04. The molecule has 6 nitrogen and oxygen atoms in total. The second kappa shape index (κ2) is 8.02. The van der Waals surface area contributed by atoms with Gasteiger partial charge in [-0.3, -0.25) is 5.10 Å². The summed E-state index contributed by atoms with van der Waals surface area (Å²) < 4.78 is 5.48. The molecular weight excluding hydrogens is 268 g/mol. The van der Waals surface area contributed by atoms with Crippen molar-refractivity contribution in [1.29, 1.82) is 0 Å². The molecule has 118 valence electrons. The largest absolute Gasteiger partial charge is 0.379 e. The molecule has 0 radical (unpaired) electrons. The summed E-state index contributed by atoms with van der Waals surface area (Å²) in [4.78, 5) is 14.2. The van der Waals surface area contributed by atoms with E-state index in [2.05, 4.69) is 29.4 Å². The van der Waals surface area contributed by atoms with Gasteiger partial charge in [0.05, 0.1) is 18.8 Å². The van der Waals surface area contributed by atoms with Gasteiger partial charge < -0.3 is 15.0 Å². The Morgan fingerprint density at radius 3 is 3.14 bits per heavy atom. The molecule has 0 aromatic carbocycles. The fourth-order valence-corrected chi connectivity index (χ4v) is 2.62. The van der Waals surface area contributed by atoms with E-state index < -0.39 is 0 Å². The molecule has 1 fully saturated rings. The summed E-state index contributed by atoms with van der Waals surface area (Å²) in [5, 5.41) is 9.77. The third-order valence-corrected chi connectivity index (χ3v) is 3.64. The molecule has 1 saturated heterocycles. The number of rotatable bonds is 6. The minimum atomic E-state index is -0.00551. The maximum Gasteiger partial charge on any atom is 0.317 e. The average molecular weight is 294 g/mol. The number of nitrogens with zero attached hydrogens (tertiary/aromatic N) is 2. The van der Waals surface area contributed by atoms with Crippen molar-refractivity contribution in [2.45, 2.75) is 39.2 Å². The van der Waals surface area contributed by atoms with Gasteiger partial charge in [0.2, 0.25) is 0 Å². The van der Waals surface area contributed by atoms with Crippen molar-refractivity contribution in [1.82, 2.24) is 20.4 Å². The van der Waals surface area contributed by atoms with E-state index in [0.717, 1.165) is 38.0 Å². The smallest absolute Gasteiger partial charge is 0.317 e. The lowest BCUT2D eigenvalue weighted by Gasteiger charge is -2.35. The average Bonchev–Trinajstić information content (AvgIpc) is 3.00. The van der Waals surface area contributed by atoms with Crippen LogP contribution in [-0.4, -0.2) is 47.4 Å². The van der Waals surface area contributed by atoms with E-state index in [1.807, 2.05) is 17.3 Å². The van der Waals surface area contributed by atoms with Gasteiger partial charge in [0.1, 0.15) is 0 Å². The molecule has 1 aromatic rings. The SMILES string of the molecule is CC(C)COCCNC(=O)N1CCCCC1c1cn[nH]c1. The van der Waals surface area contributed by atoms with Gasteiger partial charge in [-0.15, -0.1) is 0 Å². The van der Waals surface area contributed by atoms with Gasteiger partial charge in [0.15, 0.2) is 0 Å². The standard InChI is InChI=1S/C15H26N4O2/c1-12(2)11-21-8-6-16-15(20)19-7-4-3-5-14(19)13-9-17-18-10-13/h9-10,12,14H,3-8,11H2,1-2H3,(H,16,20)(H,17,18). The second-order valence-corrected chi connectivity index (χ2v) is 5.94. The zero-order chi connectivity index (χ0) is 15.1. The van der Waals surface area contributed by atoms with Crippen LogP contribution in [0.5, 0.6) is 0 Å². The van der Waals surface area contributed by atoms with Gasteiger partial charge in [0, 0.05) is 31.5 Å². The zero-order valence-electron chi connectivity index (χ0n) is 13.0. The van der Waals surface area contributed by atoms with Gasteiger partial charge in [-0.1, -0.05) is 13.8 Å². The molecule has 1 aliphatic rings. The minimum absolute atomic E-state index is 0.00551. The van der Waals surface area contributed by atoms with Crippen LogP contribution in [0.1, 0.15) is 44.7 Å². The first-order valence-electron chi connectivity index (χ1n) is 7.79. The van der Waals surface area contributed by atoms with Crippen LogP contribution in [0, 0.1) is 5.92 Å². The summed E-state index contributed by atoms with van der Waals surface area (Å²) in [7, 11) is 0. The number of piperidine rings is 1. The lowest BCUT2D eigenvalue weighted by molar-refractivity contribution is 0.108. The number of nitrogens with one attached hydrogen (secondary N) is 2. The van der Waals surface area contributed by atoms with E-state index in [4.69, 9.17) is 4.74 Å². The van der Waals surface area contributed by atoms with Crippen LogP contribution in [0.25, 0.3) is 0 Å². The van der Waals surface area contributed by atoms with Crippen LogP contribution in [0.2, 0.25) is 0 Å². The number of hydrogen-bond acceptors (Lipinski definition) is 3. The predicted octanol–water partition coefficient (Wildman–Crippen LogP) is 2.32. The van der Waals surface area contributed by atoms with Crippen LogP contribution in [0.15, 0.2) is 12.4 Å². The topological polar surface area (TPSA) is 70.2 Å². The fourth-order valence-electron chi connectivity index (χ4n) is 2.62. The first kappa shape index (κ1) is 15.8. The van der Waals surface area contributed by atoms with Crippen molar-refractivity contribution in [3.05, 3.63) is 18.0 Å². The van der Waals surface area contributed by atoms with Crippen molar-refractivity contribution in [2.24, 2.45) is 5.92 Å². The van der Waals surface area contributed by atoms with Crippen LogP contribution < -0.4 is 5.32 Å². The molecule has 2 rings (SSSR count). The maximum absolute atomic E-state index is 12.3. The van der Waals surface area contributed by atoms with Gasteiger partial charge in [-0.2, -0.15) is 5.10 Å². The van der Waals surface area contributed by atoms with Crippen molar-refractivity contribution in [3.63, 3.8) is 0 Å². The number of hydrogen-bond donors (Lipinski definition) is 2. The number of ether oxygens (including phenoxy) is 1. The normalized spacial score (nSPS) is 19.0. The van der Waals surface area contributed by atoms with Crippen LogP contribution >= 0.6 is 0 Å². The van der Waals surface area contributed by atoms with Crippen LogP contribution in [0.3, 0.4) is 0 Å². The number of amides is 2. The minimum Gasteiger partial charge on any atom is -0.379 e. The summed E-state index contributed by atoms with van der Waals surface area (Å²) >= 11 is 0. The fraction of sp³-hybridized carbons (Fsp3) is 0.733. The Hall–Kier alpha value is -1.56. The lowest BCUT2D eigenvalue weighted by atomic mass is 9.98. The molecule has 0 spiro atoms. The van der Waals surface area contributed by atoms with Crippen molar-refractivity contribution < 1.29 is 9.53 Å². The Bertz CT molecular complexity index is 419. The summed E-state index contributed by atoms with van der Waals surface area (Å²) in [6.45, 7) is 6.88. The zero-order valence-corrected chi connectivity index (χ0v) is 13.0. The van der Waals surface area contributed by atoms with E-state index in [1.165, 1.54) is 0 Å². The van der Waals surface area contributed by atoms with Crippen molar-refractivity contribution in [2.75, 3.05) is 26.3 Å². The number of aromatic nitrogens is 2. The van der Waals surface area contributed by atoms with Gasteiger partial charge in [0.25, 0.3) is 0 Å². The molecule has 1 unspecified atom stereocenters. The molecule has 1 atom stereocenters. The third kappa shape index (κ3) is 4.74. The van der Waals surface area contributed by atoms with Gasteiger partial charge in [-0.25, -0.2) is 4.79 Å². The first-order valence-corrected chi connectivity index (χ1v) is 7.79. The van der Waals surface area contributed by atoms with Crippen LogP contribution in [0.4, 0.5) is 4.79 Å². The Balaban J connectivity index is 1.79. The molecule has 0 aliphatic carbocycles. The monoisotopic (exact) mass is 294 g/mol. The lowest BCUT2D eigenvalue weighted by Crippen LogP contribution is -2.45. The molecule has 2 heterocycles. The summed E-state index contributed by atoms with van der Waals surface area (Å²) in [6.07, 6.45) is 6.89. The quantitative estimate of drug-likeness (QED) is 0.791. The molecule has 1 aliphatic heterocycles. The molecule has 6 heteroatoms. The number of carbonyl (C=O) groups is 1. The highest BCUT2D eigenvalue weighted by atomic mass is 16.5. The van der Waals surface area contributed by atoms with E-state index in [0.29, 0.717) is 19.1 Å². The summed E-state index contributed by atoms with van der Waals surface area (Å²) in [6, 6.07) is 0.128. The molecule has 0 saturated carbocycles. The highest BCUT2D eigenvalue weighted by Crippen LogP contribution is 2.30. The maximum atomic E-state index is 12.3. The first-order chi connectivity index (χ1) is 10.2. The van der Waals surface area contributed by atoms with E-state index >= 15 is 0 Å². The Morgan fingerprint density at radius 1 is 1.57 bits per heavy atom. The third-order valence-electron chi connectivity index (χ3n) is 3.64. The molecule has 0 bridgehead atoms. The molecule has 2 N–H and O–H groups in total. The van der Waals surface area contributed by atoms with Crippen LogP contribution in [-0.2, 0) is 4.74 Å². The molecule has 2 amide bonds. The number of aromatic amines is 1. The highest BCUT2D eigenvalue weighted by Gasteiger charge is 2.28. The summed E-state index contributed by atoms with van der Waals surface area (Å²) in [5.74, 6) is 0.522. The Morgan fingerprint density at radius 2 is 2.43 bits per heavy atom. The van der Waals surface area contributed by atoms with Gasteiger partial charge in [-0.05, 0) is 25.2 Å². The highest BCUT2D eigenvalue weighted by molar-refractivity contribution is 5.74.